The summed E-state index contributed by atoms with van der Waals surface area (Å²) in [6.45, 7) is 4.52. The summed E-state index contributed by atoms with van der Waals surface area (Å²) in [6, 6.07) is 6.90. The highest BCUT2D eigenvalue weighted by Gasteiger charge is 2.16. The molecule has 90 valence electrons. The van der Waals surface area contributed by atoms with Crippen molar-refractivity contribution in [3.8, 4) is 6.07 Å². The van der Waals surface area contributed by atoms with E-state index in [0.29, 0.717) is 12.1 Å². The minimum atomic E-state index is -0.367. The maximum atomic E-state index is 13.8. The minimum Gasteiger partial charge on any atom is -0.304 e. The Labute approximate surface area is 101 Å². The highest BCUT2D eigenvalue weighted by Crippen LogP contribution is 2.15. The first-order valence-electron chi connectivity index (χ1n) is 5.79. The lowest BCUT2D eigenvalue weighted by Gasteiger charge is -2.32. The van der Waals surface area contributed by atoms with E-state index in [4.69, 9.17) is 5.26 Å². The number of halogens is 1. The molecule has 1 aromatic carbocycles. The summed E-state index contributed by atoms with van der Waals surface area (Å²) in [7, 11) is 2.09. The van der Waals surface area contributed by atoms with Crippen molar-refractivity contribution in [1.82, 2.24) is 9.80 Å². The van der Waals surface area contributed by atoms with Crippen molar-refractivity contribution in [3.05, 3.63) is 35.1 Å². The maximum Gasteiger partial charge on any atom is 0.145 e. The summed E-state index contributed by atoms with van der Waals surface area (Å²) >= 11 is 0. The van der Waals surface area contributed by atoms with E-state index in [1.807, 2.05) is 6.07 Å². The SMILES string of the molecule is CN1CCN(Cc2cccc(C#N)c2F)CC1. The molecule has 0 spiro atoms. The number of nitriles is 1. The Balaban J connectivity index is 2.06. The van der Waals surface area contributed by atoms with Crippen LogP contribution in [0.3, 0.4) is 0 Å². The largest absolute Gasteiger partial charge is 0.304 e. The molecule has 1 aliphatic heterocycles. The standard InChI is InChI=1S/C13H16FN3/c1-16-5-7-17(8-6-16)10-12-4-2-3-11(9-15)13(12)14/h2-4H,5-8,10H2,1H3. The molecule has 0 amide bonds. The number of piperazine rings is 1. The second-order valence-corrected chi connectivity index (χ2v) is 4.47. The molecule has 2 rings (SSSR count). The smallest absolute Gasteiger partial charge is 0.145 e. The number of benzene rings is 1. The Morgan fingerprint density at radius 1 is 1.29 bits per heavy atom. The van der Waals surface area contributed by atoms with Gasteiger partial charge in [0.1, 0.15) is 11.9 Å². The third-order valence-electron chi connectivity index (χ3n) is 3.19. The van der Waals surface area contributed by atoms with Crippen LogP contribution in [0.5, 0.6) is 0 Å². The maximum absolute atomic E-state index is 13.8. The summed E-state index contributed by atoms with van der Waals surface area (Å²) < 4.78 is 13.8. The number of nitrogens with zero attached hydrogens (tertiary/aromatic N) is 3. The Hall–Kier alpha value is -1.44. The molecule has 1 saturated heterocycles. The van der Waals surface area contributed by atoms with Gasteiger partial charge in [-0.3, -0.25) is 4.90 Å². The quantitative estimate of drug-likeness (QED) is 0.774. The molecular weight excluding hydrogens is 217 g/mol. The van der Waals surface area contributed by atoms with Gasteiger partial charge >= 0.3 is 0 Å². The zero-order valence-corrected chi connectivity index (χ0v) is 9.99. The predicted octanol–water partition coefficient (Wildman–Crippen LogP) is 1.44. The molecule has 0 saturated carbocycles. The lowest BCUT2D eigenvalue weighted by atomic mass is 10.1. The molecule has 0 bridgehead atoms. The molecule has 0 radical (unpaired) electrons. The van der Waals surface area contributed by atoms with Crippen molar-refractivity contribution >= 4 is 0 Å². The first-order chi connectivity index (χ1) is 8.20. The second kappa shape index (κ2) is 5.26. The normalized spacial score (nSPS) is 17.9. The molecular formula is C13H16FN3. The lowest BCUT2D eigenvalue weighted by molar-refractivity contribution is 0.147. The molecule has 0 atom stereocenters. The van der Waals surface area contributed by atoms with Crippen LogP contribution in [0.25, 0.3) is 0 Å². The van der Waals surface area contributed by atoms with Crippen LogP contribution in [0, 0.1) is 17.1 Å². The van der Waals surface area contributed by atoms with Crippen LogP contribution in [-0.2, 0) is 6.54 Å². The summed E-state index contributed by atoms with van der Waals surface area (Å²) in [5.74, 6) is -0.367. The van der Waals surface area contributed by atoms with E-state index < -0.39 is 0 Å². The molecule has 0 aliphatic carbocycles. The van der Waals surface area contributed by atoms with Gasteiger partial charge in [-0.15, -0.1) is 0 Å². The van der Waals surface area contributed by atoms with Crippen molar-refractivity contribution in [3.63, 3.8) is 0 Å². The van der Waals surface area contributed by atoms with E-state index in [2.05, 4.69) is 16.8 Å². The van der Waals surface area contributed by atoms with Crippen LogP contribution in [0.1, 0.15) is 11.1 Å². The van der Waals surface area contributed by atoms with Gasteiger partial charge < -0.3 is 4.90 Å². The fraction of sp³-hybridized carbons (Fsp3) is 0.462. The van der Waals surface area contributed by atoms with E-state index in [9.17, 15) is 4.39 Å². The summed E-state index contributed by atoms with van der Waals surface area (Å²) in [4.78, 5) is 4.48. The average Bonchev–Trinajstić information content (AvgIpc) is 2.35. The number of hydrogen-bond acceptors (Lipinski definition) is 3. The van der Waals surface area contributed by atoms with E-state index in [1.54, 1.807) is 12.1 Å². The van der Waals surface area contributed by atoms with Crippen molar-refractivity contribution in [2.24, 2.45) is 0 Å². The first-order valence-corrected chi connectivity index (χ1v) is 5.79. The van der Waals surface area contributed by atoms with Crippen LogP contribution in [0.2, 0.25) is 0 Å². The van der Waals surface area contributed by atoms with Gasteiger partial charge in [0.15, 0.2) is 0 Å². The van der Waals surface area contributed by atoms with E-state index >= 15 is 0 Å². The fourth-order valence-electron chi connectivity index (χ4n) is 2.04. The van der Waals surface area contributed by atoms with Crippen LogP contribution < -0.4 is 0 Å². The van der Waals surface area contributed by atoms with Gasteiger partial charge in [-0.1, -0.05) is 12.1 Å². The molecule has 1 heterocycles. The molecule has 1 fully saturated rings. The van der Waals surface area contributed by atoms with E-state index in [0.717, 1.165) is 26.2 Å². The number of likely N-dealkylation sites (N-methyl/N-ethyl adjacent to an activating group) is 1. The molecule has 0 aromatic heterocycles. The Bertz CT molecular complexity index is 431. The third kappa shape index (κ3) is 2.82. The zero-order chi connectivity index (χ0) is 12.3. The second-order valence-electron chi connectivity index (χ2n) is 4.47. The Morgan fingerprint density at radius 2 is 2.00 bits per heavy atom. The Morgan fingerprint density at radius 3 is 2.65 bits per heavy atom. The van der Waals surface area contributed by atoms with E-state index in [1.165, 1.54) is 6.07 Å². The van der Waals surface area contributed by atoms with Crippen molar-refractivity contribution in [1.29, 1.82) is 5.26 Å². The minimum absolute atomic E-state index is 0.136. The highest BCUT2D eigenvalue weighted by atomic mass is 19.1. The van der Waals surface area contributed by atoms with E-state index in [-0.39, 0.29) is 11.4 Å². The van der Waals surface area contributed by atoms with Crippen LogP contribution >= 0.6 is 0 Å². The summed E-state index contributed by atoms with van der Waals surface area (Å²) in [5, 5.41) is 8.77. The highest BCUT2D eigenvalue weighted by molar-refractivity contribution is 5.34. The predicted molar refractivity (Wildman–Crippen MR) is 63.9 cm³/mol. The van der Waals surface area contributed by atoms with Crippen LogP contribution in [-0.4, -0.2) is 43.0 Å². The third-order valence-corrected chi connectivity index (χ3v) is 3.19. The number of rotatable bonds is 2. The van der Waals surface area contributed by atoms with Gasteiger partial charge in [0.25, 0.3) is 0 Å². The summed E-state index contributed by atoms with van der Waals surface area (Å²) in [6.07, 6.45) is 0. The van der Waals surface area contributed by atoms with Gasteiger partial charge in [-0.05, 0) is 13.1 Å². The topological polar surface area (TPSA) is 30.3 Å². The monoisotopic (exact) mass is 233 g/mol. The fourth-order valence-corrected chi connectivity index (χ4v) is 2.04. The van der Waals surface area contributed by atoms with Gasteiger partial charge in [0, 0.05) is 38.3 Å². The average molecular weight is 233 g/mol. The molecule has 0 unspecified atom stereocenters. The van der Waals surface area contributed by atoms with Gasteiger partial charge in [0.2, 0.25) is 0 Å². The summed E-state index contributed by atoms with van der Waals surface area (Å²) in [5.41, 5.74) is 0.755. The molecule has 1 aromatic rings. The molecule has 4 heteroatoms. The molecule has 3 nitrogen and oxygen atoms in total. The lowest BCUT2D eigenvalue weighted by Crippen LogP contribution is -2.44. The zero-order valence-electron chi connectivity index (χ0n) is 9.99. The van der Waals surface area contributed by atoms with Gasteiger partial charge in [-0.2, -0.15) is 5.26 Å². The van der Waals surface area contributed by atoms with Gasteiger partial charge in [-0.25, -0.2) is 4.39 Å². The molecule has 17 heavy (non-hydrogen) atoms. The van der Waals surface area contributed by atoms with Crippen molar-refractivity contribution in [2.75, 3.05) is 33.2 Å². The van der Waals surface area contributed by atoms with Crippen LogP contribution in [0.15, 0.2) is 18.2 Å². The first kappa shape index (κ1) is 12.0. The number of hydrogen-bond donors (Lipinski definition) is 0. The molecule has 1 aliphatic rings. The van der Waals surface area contributed by atoms with Crippen molar-refractivity contribution in [2.45, 2.75) is 6.54 Å². The Kier molecular flexibility index (Phi) is 3.72. The van der Waals surface area contributed by atoms with Gasteiger partial charge in [0.05, 0.1) is 5.56 Å². The molecule has 0 N–H and O–H groups in total. The van der Waals surface area contributed by atoms with Crippen LogP contribution in [0.4, 0.5) is 4.39 Å². The van der Waals surface area contributed by atoms with Crippen molar-refractivity contribution < 1.29 is 4.39 Å².